The van der Waals surface area contributed by atoms with E-state index in [1.807, 2.05) is 30.3 Å². The molecule has 2 unspecified atom stereocenters. The summed E-state index contributed by atoms with van der Waals surface area (Å²) in [7, 11) is 0. The van der Waals surface area contributed by atoms with E-state index in [2.05, 4.69) is 15.5 Å². The fraction of sp³-hybridized carbons (Fsp3) is 0.632. The summed E-state index contributed by atoms with van der Waals surface area (Å²) in [6.07, 6.45) is 4.11. The first kappa shape index (κ1) is 18.7. The van der Waals surface area contributed by atoms with Crippen LogP contribution in [0.3, 0.4) is 0 Å². The summed E-state index contributed by atoms with van der Waals surface area (Å²) >= 11 is 0. The van der Waals surface area contributed by atoms with Crippen LogP contribution in [-0.4, -0.2) is 54.9 Å². The van der Waals surface area contributed by atoms with Gasteiger partial charge in [0.15, 0.2) is 0 Å². The molecule has 3 N–H and O–H groups in total. The van der Waals surface area contributed by atoms with Crippen molar-refractivity contribution in [1.82, 2.24) is 15.5 Å². The molecule has 5 heteroatoms. The van der Waals surface area contributed by atoms with E-state index in [9.17, 15) is 9.90 Å². The van der Waals surface area contributed by atoms with Crippen LogP contribution >= 0.6 is 0 Å². The maximum atomic E-state index is 12.0. The molecule has 0 saturated carbocycles. The zero-order valence-corrected chi connectivity index (χ0v) is 14.7. The Morgan fingerprint density at radius 1 is 1.17 bits per heavy atom. The van der Waals surface area contributed by atoms with Crippen LogP contribution in [-0.2, 0) is 0 Å². The number of rotatable bonds is 8. The quantitative estimate of drug-likeness (QED) is 0.684. The molecule has 1 saturated heterocycles. The Kier molecular flexibility index (Phi) is 8.05. The number of hydrogen-bond acceptors (Lipinski definition) is 3. The zero-order valence-electron chi connectivity index (χ0n) is 14.7. The molecule has 2 amide bonds. The summed E-state index contributed by atoms with van der Waals surface area (Å²) < 4.78 is 0. The predicted molar refractivity (Wildman–Crippen MR) is 97.2 cm³/mol. The molecule has 1 aliphatic rings. The minimum absolute atomic E-state index is 0.124. The summed E-state index contributed by atoms with van der Waals surface area (Å²) in [6, 6.07) is 9.92. The number of nitrogens with one attached hydrogen (secondary N) is 2. The number of hydrogen-bond donors (Lipinski definition) is 3. The van der Waals surface area contributed by atoms with Gasteiger partial charge in [0.25, 0.3) is 0 Å². The molecule has 0 aromatic heterocycles. The van der Waals surface area contributed by atoms with Gasteiger partial charge in [-0.1, -0.05) is 36.8 Å². The van der Waals surface area contributed by atoms with Crippen LogP contribution in [0.15, 0.2) is 30.3 Å². The smallest absolute Gasteiger partial charge is 0.314 e. The third-order valence-electron chi connectivity index (χ3n) is 4.57. The van der Waals surface area contributed by atoms with Gasteiger partial charge in [-0.25, -0.2) is 4.79 Å². The van der Waals surface area contributed by atoms with E-state index in [-0.39, 0.29) is 18.1 Å². The van der Waals surface area contributed by atoms with Gasteiger partial charge in [-0.2, -0.15) is 0 Å². The highest BCUT2D eigenvalue weighted by molar-refractivity contribution is 5.73. The van der Waals surface area contributed by atoms with Crippen LogP contribution in [0.25, 0.3) is 0 Å². The van der Waals surface area contributed by atoms with Crippen LogP contribution in [0.4, 0.5) is 4.79 Å². The van der Waals surface area contributed by atoms with Crippen molar-refractivity contribution >= 4 is 6.03 Å². The van der Waals surface area contributed by atoms with Gasteiger partial charge in [0.2, 0.25) is 0 Å². The van der Waals surface area contributed by atoms with E-state index in [1.165, 1.54) is 19.3 Å². The average Bonchev–Trinajstić information content (AvgIpc) is 2.60. The number of benzene rings is 1. The number of likely N-dealkylation sites (tertiary alicyclic amines) is 1. The molecule has 1 aliphatic heterocycles. The highest BCUT2D eigenvalue weighted by atomic mass is 16.3. The van der Waals surface area contributed by atoms with Crippen LogP contribution in [0, 0.1) is 0 Å². The number of piperidine rings is 1. The second-order valence-electron chi connectivity index (χ2n) is 6.73. The van der Waals surface area contributed by atoms with Gasteiger partial charge < -0.3 is 20.6 Å². The molecular weight excluding hydrogens is 302 g/mol. The Hall–Kier alpha value is -1.59. The second-order valence-corrected chi connectivity index (χ2v) is 6.73. The minimum Gasteiger partial charge on any atom is -0.393 e. The van der Waals surface area contributed by atoms with Crippen molar-refractivity contribution in [3.63, 3.8) is 0 Å². The van der Waals surface area contributed by atoms with Crippen molar-refractivity contribution in [2.24, 2.45) is 0 Å². The van der Waals surface area contributed by atoms with E-state index in [1.54, 1.807) is 6.92 Å². The van der Waals surface area contributed by atoms with Crippen LogP contribution in [0.5, 0.6) is 0 Å². The number of urea groups is 1. The van der Waals surface area contributed by atoms with Gasteiger partial charge in [-0.05, 0) is 44.8 Å². The summed E-state index contributed by atoms with van der Waals surface area (Å²) in [5.41, 5.74) is 1.15. The molecule has 0 bridgehead atoms. The average molecular weight is 333 g/mol. The molecule has 0 aliphatic carbocycles. The highest BCUT2D eigenvalue weighted by Crippen LogP contribution is 2.20. The first-order chi connectivity index (χ1) is 11.6. The van der Waals surface area contributed by atoms with Crippen molar-refractivity contribution in [2.75, 3.05) is 32.7 Å². The third kappa shape index (κ3) is 6.89. The molecule has 5 nitrogen and oxygen atoms in total. The Bertz CT molecular complexity index is 473. The van der Waals surface area contributed by atoms with E-state index < -0.39 is 0 Å². The summed E-state index contributed by atoms with van der Waals surface area (Å²) in [6.45, 7) is 6.21. The second kappa shape index (κ2) is 10.3. The van der Waals surface area contributed by atoms with Gasteiger partial charge in [-0.3, -0.25) is 0 Å². The molecule has 0 radical (unpaired) electrons. The predicted octanol–water partition coefficient (Wildman–Crippen LogP) is 2.33. The Labute approximate surface area is 145 Å². The van der Waals surface area contributed by atoms with Gasteiger partial charge in [0.05, 0.1) is 6.10 Å². The number of nitrogens with zero attached hydrogens (tertiary/aromatic N) is 1. The Morgan fingerprint density at radius 3 is 2.54 bits per heavy atom. The molecule has 24 heavy (non-hydrogen) atoms. The zero-order chi connectivity index (χ0) is 17.2. The van der Waals surface area contributed by atoms with Crippen LogP contribution in [0.1, 0.15) is 44.1 Å². The van der Waals surface area contributed by atoms with E-state index >= 15 is 0 Å². The van der Waals surface area contributed by atoms with Crippen LogP contribution in [0.2, 0.25) is 0 Å². The third-order valence-corrected chi connectivity index (χ3v) is 4.57. The van der Waals surface area contributed by atoms with Crippen molar-refractivity contribution in [1.29, 1.82) is 0 Å². The molecule has 134 valence electrons. The molecule has 0 spiro atoms. The lowest BCUT2D eigenvalue weighted by Gasteiger charge is -2.26. The molecule has 1 heterocycles. The fourth-order valence-electron chi connectivity index (χ4n) is 3.26. The van der Waals surface area contributed by atoms with Gasteiger partial charge >= 0.3 is 6.03 Å². The van der Waals surface area contributed by atoms with Crippen molar-refractivity contribution in [3.05, 3.63) is 35.9 Å². The largest absolute Gasteiger partial charge is 0.393 e. The summed E-state index contributed by atoms with van der Waals surface area (Å²) in [5.74, 6) is 0.124. The van der Waals surface area contributed by atoms with E-state index in [0.29, 0.717) is 19.5 Å². The lowest BCUT2D eigenvalue weighted by Crippen LogP contribution is -2.42. The molecule has 1 fully saturated rings. The number of aliphatic hydroxyl groups is 1. The fourth-order valence-corrected chi connectivity index (χ4v) is 3.26. The lowest BCUT2D eigenvalue weighted by molar-refractivity contribution is 0.173. The van der Waals surface area contributed by atoms with Crippen molar-refractivity contribution in [3.8, 4) is 0 Å². The molecule has 1 aromatic carbocycles. The molecule has 2 rings (SSSR count). The maximum Gasteiger partial charge on any atom is 0.314 e. The molecule has 2 atom stereocenters. The Balaban J connectivity index is 1.71. The van der Waals surface area contributed by atoms with Gasteiger partial charge in [0.1, 0.15) is 0 Å². The summed E-state index contributed by atoms with van der Waals surface area (Å²) in [4.78, 5) is 14.4. The number of carbonyl (C=O) groups is 1. The number of amides is 2. The van der Waals surface area contributed by atoms with Crippen molar-refractivity contribution < 1.29 is 9.90 Å². The molecule has 1 aromatic rings. The monoisotopic (exact) mass is 333 g/mol. The highest BCUT2D eigenvalue weighted by Gasteiger charge is 2.15. The van der Waals surface area contributed by atoms with Crippen molar-refractivity contribution in [2.45, 2.75) is 44.6 Å². The summed E-state index contributed by atoms with van der Waals surface area (Å²) in [5, 5.41) is 15.6. The first-order valence-corrected chi connectivity index (χ1v) is 9.12. The Morgan fingerprint density at radius 2 is 1.88 bits per heavy atom. The van der Waals surface area contributed by atoms with E-state index in [4.69, 9.17) is 0 Å². The van der Waals surface area contributed by atoms with Gasteiger partial charge in [0, 0.05) is 25.6 Å². The molecular formula is C19H31N3O2. The number of carbonyl (C=O) groups excluding carboxylic acids is 1. The normalized spacial score (nSPS) is 17.9. The van der Waals surface area contributed by atoms with Gasteiger partial charge in [-0.15, -0.1) is 0 Å². The minimum atomic E-state index is -0.390. The SMILES string of the molecule is CC(O)CC(CNC(=O)NCCN1CCCCC1)c1ccccc1. The lowest BCUT2D eigenvalue weighted by atomic mass is 9.93. The standard InChI is InChI=1S/C19H31N3O2/c1-16(23)14-18(17-8-4-2-5-9-17)15-21-19(24)20-10-13-22-11-6-3-7-12-22/h2,4-5,8-9,16,18,23H,3,6-7,10-15H2,1H3,(H2,20,21,24). The number of aliphatic hydroxyl groups excluding tert-OH is 1. The topological polar surface area (TPSA) is 64.6 Å². The van der Waals surface area contributed by atoms with E-state index in [0.717, 1.165) is 25.2 Å². The maximum absolute atomic E-state index is 12.0. The van der Waals surface area contributed by atoms with Crippen LogP contribution < -0.4 is 10.6 Å². The first-order valence-electron chi connectivity index (χ1n) is 9.12.